The zero-order valence-corrected chi connectivity index (χ0v) is 13.2. The molecule has 9 heteroatoms. The number of fused-ring (bicyclic) bond motifs is 1. The summed E-state index contributed by atoms with van der Waals surface area (Å²) in [6.07, 6.45) is -1.94. The van der Waals surface area contributed by atoms with Crippen molar-refractivity contribution in [1.29, 1.82) is 0 Å². The van der Waals surface area contributed by atoms with E-state index in [9.17, 15) is 27.9 Å². The molecule has 25 heavy (non-hydrogen) atoms. The van der Waals surface area contributed by atoms with E-state index < -0.39 is 47.2 Å². The Morgan fingerprint density at radius 2 is 2.12 bits per heavy atom. The van der Waals surface area contributed by atoms with E-state index in [4.69, 9.17) is 16.3 Å². The zero-order valence-electron chi connectivity index (χ0n) is 12.5. The molecule has 0 aromatic heterocycles. The fraction of sp³-hybridized carbons (Fsp3) is 0.375. The highest BCUT2D eigenvalue weighted by Gasteiger charge is 2.67. The first-order valence-electron chi connectivity index (χ1n) is 7.42. The predicted octanol–water partition coefficient (Wildman–Crippen LogP) is 2.73. The summed E-state index contributed by atoms with van der Waals surface area (Å²) in [6, 6.07) is 2.70. The number of carboxylic acid groups (broad SMARTS) is 1. The van der Waals surface area contributed by atoms with Gasteiger partial charge >= 0.3 is 12.1 Å². The molecule has 0 aliphatic carbocycles. The Bertz CT molecular complexity index is 824. The van der Waals surface area contributed by atoms with Gasteiger partial charge in [0.1, 0.15) is 11.5 Å². The van der Waals surface area contributed by atoms with Crippen LogP contribution in [0.3, 0.4) is 0 Å². The Balaban J connectivity index is 1.72. The first kappa shape index (κ1) is 16.4. The van der Waals surface area contributed by atoms with Gasteiger partial charge in [0.15, 0.2) is 0 Å². The normalized spacial score (nSPS) is 33.2. The van der Waals surface area contributed by atoms with Gasteiger partial charge < -0.3 is 14.7 Å². The van der Waals surface area contributed by atoms with Crippen molar-refractivity contribution in [3.8, 4) is 0 Å². The molecular weight excluding hydrogens is 363 g/mol. The van der Waals surface area contributed by atoms with E-state index in [2.05, 4.69) is 0 Å². The SMILES string of the molecule is O=C(O)[C@H]1[C@@H]2C=C[C@@]3(CN(c4ccc(C(F)(F)F)cc4Cl)C(=O)[C@@H]13)O2. The van der Waals surface area contributed by atoms with Crippen LogP contribution in [0, 0.1) is 11.8 Å². The maximum absolute atomic E-state index is 12.8. The van der Waals surface area contributed by atoms with Crippen molar-refractivity contribution < 1.29 is 32.6 Å². The number of aliphatic carboxylic acids is 1. The number of hydrogen-bond donors (Lipinski definition) is 1. The summed E-state index contributed by atoms with van der Waals surface area (Å²) in [6.45, 7) is 0.0123. The highest BCUT2D eigenvalue weighted by atomic mass is 35.5. The third-order valence-corrected chi connectivity index (χ3v) is 5.25. The molecule has 4 rings (SSSR count). The van der Waals surface area contributed by atoms with Gasteiger partial charge in [0.05, 0.1) is 34.8 Å². The number of hydrogen-bond acceptors (Lipinski definition) is 3. The molecule has 132 valence electrons. The Kier molecular flexibility index (Phi) is 3.27. The molecule has 5 nitrogen and oxygen atoms in total. The van der Waals surface area contributed by atoms with Gasteiger partial charge in [0.2, 0.25) is 5.91 Å². The van der Waals surface area contributed by atoms with E-state index in [0.29, 0.717) is 0 Å². The van der Waals surface area contributed by atoms with Gasteiger partial charge in [-0.1, -0.05) is 23.8 Å². The summed E-state index contributed by atoms with van der Waals surface area (Å²) in [4.78, 5) is 25.5. The van der Waals surface area contributed by atoms with Crippen molar-refractivity contribution >= 4 is 29.2 Å². The molecule has 3 aliphatic rings. The van der Waals surface area contributed by atoms with Crippen molar-refractivity contribution in [2.45, 2.75) is 17.9 Å². The van der Waals surface area contributed by atoms with Gasteiger partial charge in [-0.3, -0.25) is 9.59 Å². The minimum atomic E-state index is -4.55. The predicted molar refractivity (Wildman–Crippen MR) is 80.2 cm³/mol. The lowest BCUT2D eigenvalue weighted by molar-refractivity contribution is -0.146. The number of amides is 1. The van der Waals surface area contributed by atoms with Crippen molar-refractivity contribution in [3.05, 3.63) is 40.9 Å². The quantitative estimate of drug-likeness (QED) is 0.809. The second-order valence-corrected chi connectivity index (χ2v) is 6.73. The number of ether oxygens (including phenoxy) is 1. The Morgan fingerprint density at radius 3 is 2.72 bits per heavy atom. The lowest BCUT2D eigenvalue weighted by atomic mass is 9.77. The summed E-state index contributed by atoms with van der Waals surface area (Å²) in [5, 5.41) is 9.17. The van der Waals surface area contributed by atoms with Gasteiger partial charge in [-0.05, 0) is 18.2 Å². The summed E-state index contributed by atoms with van der Waals surface area (Å²) < 4.78 is 44.0. The Hall–Kier alpha value is -2.06. The highest BCUT2D eigenvalue weighted by Crippen LogP contribution is 2.53. The van der Waals surface area contributed by atoms with Crippen molar-refractivity contribution in [2.24, 2.45) is 11.8 Å². The van der Waals surface area contributed by atoms with Crippen LogP contribution >= 0.6 is 11.6 Å². The molecule has 1 spiro atoms. The van der Waals surface area contributed by atoms with Crippen LogP contribution in [0.25, 0.3) is 0 Å². The molecule has 2 fully saturated rings. The van der Waals surface area contributed by atoms with Crippen molar-refractivity contribution in [1.82, 2.24) is 0 Å². The van der Waals surface area contributed by atoms with Crippen LogP contribution in [0.15, 0.2) is 30.4 Å². The van der Waals surface area contributed by atoms with E-state index in [0.717, 1.165) is 18.2 Å². The number of nitrogens with zero attached hydrogens (tertiary/aromatic N) is 1. The van der Waals surface area contributed by atoms with E-state index in [-0.39, 0.29) is 17.3 Å². The summed E-state index contributed by atoms with van der Waals surface area (Å²) in [5.74, 6) is -3.59. The first-order valence-corrected chi connectivity index (χ1v) is 7.80. The largest absolute Gasteiger partial charge is 0.481 e. The molecule has 1 amide bonds. The standard InChI is InChI=1S/C16H11ClF3NO4/c17-8-5-7(16(18,19)20)1-2-9(8)21-6-15-4-3-10(25-15)11(14(23)24)12(15)13(21)22/h1-5,10-12H,6H2,(H,23,24)/t10-,11-,12+,15-/m0/s1. The number of halogens is 4. The van der Waals surface area contributed by atoms with Crippen LogP contribution in [-0.4, -0.2) is 35.2 Å². The molecule has 1 N–H and O–H groups in total. The number of rotatable bonds is 2. The second-order valence-electron chi connectivity index (χ2n) is 6.33. The number of alkyl halides is 3. The van der Waals surface area contributed by atoms with Crippen LogP contribution in [-0.2, 0) is 20.5 Å². The average molecular weight is 374 g/mol. The smallest absolute Gasteiger partial charge is 0.416 e. The van der Waals surface area contributed by atoms with Crippen LogP contribution in [0.2, 0.25) is 5.02 Å². The summed E-state index contributed by atoms with van der Waals surface area (Å²) in [5.41, 5.74) is -1.89. The van der Waals surface area contributed by atoms with Crippen molar-refractivity contribution in [2.75, 3.05) is 11.4 Å². The number of carbonyl (C=O) groups is 2. The lowest BCUT2D eigenvalue weighted by Gasteiger charge is -2.22. The zero-order chi connectivity index (χ0) is 18.1. The molecule has 1 aromatic rings. The Labute approximate surface area is 144 Å². The van der Waals surface area contributed by atoms with E-state index >= 15 is 0 Å². The topological polar surface area (TPSA) is 66.8 Å². The van der Waals surface area contributed by atoms with Crippen LogP contribution in [0.1, 0.15) is 5.56 Å². The van der Waals surface area contributed by atoms with Gasteiger partial charge in [0, 0.05) is 0 Å². The maximum atomic E-state index is 12.8. The van der Waals surface area contributed by atoms with Crippen LogP contribution in [0.4, 0.5) is 18.9 Å². The van der Waals surface area contributed by atoms with Gasteiger partial charge in [-0.2, -0.15) is 13.2 Å². The highest BCUT2D eigenvalue weighted by molar-refractivity contribution is 6.34. The van der Waals surface area contributed by atoms with E-state index in [1.807, 2.05) is 0 Å². The van der Waals surface area contributed by atoms with E-state index in [1.165, 1.54) is 4.90 Å². The fourth-order valence-electron chi connectivity index (χ4n) is 3.89. The molecular formula is C16H11ClF3NO4. The third-order valence-electron chi connectivity index (χ3n) is 4.95. The number of benzene rings is 1. The molecule has 0 radical (unpaired) electrons. The van der Waals surface area contributed by atoms with Gasteiger partial charge in [0.25, 0.3) is 0 Å². The van der Waals surface area contributed by atoms with E-state index in [1.54, 1.807) is 12.2 Å². The molecule has 1 aromatic carbocycles. The van der Waals surface area contributed by atoms with Gasteiger partial charge in [-0.15, -0.1) is 0 Å². The lowest BCUT2D eigenvalue weighted by Crippen LogP contribution is -2.39. The monoisotopic (exact) mass is 373 g/mol. The van der Waals surface area contributed by atoms with Crippen LogP contribution < -0.4 is 4.90 Å². The molecule has 2 saturated heterocycles. The summed E-state index contributed by atoms with van der Waals surface area (Å²) >= 11 is 5.97. The van der Waals surface area contributed by atoms with Gasteiger partial charge in [-0.25, -0.2) is 0 Å². The molecule has 2 bridgehead atoms. The number of carboxylic acids is 1. The van der Waals surface area contributed by atoms with Crippen LogP contribution in [0.5, 0.6) is 0 Å². The number of carbonyl (C=O) groups excluding carboxylic acids is 1. The van der Waals surface area contributed by atoms with Crippen molar-refractivity contribution in [3.63, 3.8) is 0 Å². The Morgan fingerprint density at radius 1 is 1.40 bits per heavy atom. The molecule has 0 unspecified atom stereocenters. The second kappa shape index (κ2) is 4.98. The minimum Gasteiger partial charge on any atom is -0.481 e. The fourth-order valence-corrected chi connectivity index (χ4v) is 4.17. The first-order chi connectivity index (χ1) is 11.6. The molecule has 4 atom stereocenters. The number of anilines is 1. The molecule has 0 saturated carbocycles. The minimum absolute atomic E-state index is 0.0123. The third kappa shape index (κ3) is 2.20. The maximum Gasteiger partial charge on any atom is 0.416 e. The molecule has 3 heterocycles. The molecule has 3 aliphatic heterocycles. The summed E-state index contributed by atoms with van der Waals surface area (Å²) in [7, 11) is 0. The average Bonchev–Trinajstić information content (AvgIpc) is 3.14.